The van der Waals surface area contributed by atoms with E-state index in [0.29, 0.717) is 31.2 Å². The van der Waals surface area contributed by atoms with E-state index in [0.717, 1.165) is 42.0 Å². The van der Waals surface area contributed by atoms with Gasteiger partial charge in [-0.3, -0.25) is 5.32 Å². The summed E-state index contributed by atoms with van der Waals surface area (Å²) < 4.78 is 11.9. The Labute approximate surface area is 200 Å². The fraction of sp³-hybridized carbons (Fsp3) is 0.385. The van der Waals surface area contributed by atoms with Gasteiger partial charge in [-0.05, 0) is 43.0 Å². The van der Waals surface area contributed by atoms with Crippen molar-refractivity contribution in [1.29, 1.82) is 0 Å². The number of aromatic nitrogens is 2. The molecule has 0 radical (unpaired) electrons. The zero-order valence-electron chi connectivity index (χ0n) is 19.4. The Bertz CT molecular complexity index is 1050. The summed E-state index contributed by atoms with van der Waals surface area (Å²) in [6.45, 7) is 4.54. The topological polar surface area (TPSA) is 100.0 Å². The third kappa shape index (κ3) is 6.22. The summed E-state index contributed by atoms with van der Waals surface area (Å²) >= 11 is 0. The molecule has 0 amide bonds. The number of aliphatic hydroxyl groups excluding tert-OH is 2. The van der Waals surface area contributed by atoms with Crippen molar-refractivity contribution in [3.63, 3.8) is 0 Å². The van der Waals surface area contributed by atoms with Crippen LogP contribution < -0.4 is 19.7 Å². The zero-order chi connectivity index (χ0) is 23.8. The van der Waals surface area contributed by atoms with Crippen LogP contribution in [0.2, 0.25) is 0 Å². The molecule has 8 nitrogen and oxygen atoms in total. The molecule has 1 unspecified atom stereocenters. The van der Waals surface area contributed by atoms with E-state index >= 15 is 0 Å². The fourth-order valence-corrected chi connectivity index (χ4v) is 4.02. The minimum atomic E-state index is -0.890. The van der Waals surface area contributed by atoms with Crippen molar-refractivity contribution in [2.75, 3.05) is 24.6 Å². The monoisotopic (exact) mass is 464 g/mol. The van der Waals surface area contributed by atoms with Crippen molar-refractivity contribution < 1.29 is 19.7 Å². The highest BCUT2D eigenvalue weighted by molar-refractivity contribution is 5.40. The summed E-state index contributed by atoms with van der Waals surface area (Å²) in [5.74, 6) is 2.14. The van der Waals surface area contributed by atoms with Crippen molar-refractivity contribution in [2.24, 2.45) is 0 Å². The summed E-state index contributed by atoms with van der Waals surface area (Å²) in [5.41, 5.74) is 2.41. The molecule has 0 saturated carbocycles. The van der Waals surface area contributed by atoms with Gasteiger partial charge in [-0.2, -0.15) is 0 Å². The average molecular weight is 465 g/mol. The zero-order valence-corrected chi connectivity index (χ0v) is 19.4. The van der Waals surface area contributed by atoms with Crippen molar-refractivity contribution in [3.05, 3.63) is 77.6 Å². The molecule has 0 bridgehead atoms. The Morgan fingerprint density at radius 3 is 2.62 bits per heavy atom. The second-order valence-corrected chi connectivity index (χ2v) is 8.29. The van der Waals surface area contributed by atoms with E-state index in [4.69, 9.17) is 9.47 Å². The SMILES string of the molecule is CCOc1ccccc1O[C@@H]1CCCN(c2ncc(C(O)NCc3cccc(CO)c3)cn2)C1. The molecule has 2 aromatic carbocycles. The molecule has 4 rings (SSSR count). The number of benzene rings is 2. The van der Waals surface area contributed by atoms with Crippen LogP contribution in [0.5, 0.6) is 11.5 Å². The van der Waals surface area contributed by atoms with Crippen molar-refractivity contribution in [2.45, 2.75) is 45.2 Å². The molecular weight excluding hydrogens is 432 g/mol. The molecule has 34 heavy (non-hydrogen) atoms. The van der Waals surface area contributed by atoms with E-state index < -0.39 is 6.23 Å². The lowest BCUT2D eigenvalue weighted by Gasteiger charge is -2.33. The standard InChI is InChI=1S/C26H32N4O4/c1-2-33-23-10-3-4-11-24(23)34-22-9-6-12-30(17-22)26-28-15-21(16-29-26)25(32)27-14-19-7-5-8-20(13-19)18-31/h3-5,7-8,10-11,13,15-16,22,25,27,31-32H,2,6,9,12,14,17-18H2,1H3/t22-,25?/m1/s1. The molecule has 2 heterocycles. The Morgan fingerprint density at radius 1 is 1.09 bits per heavy atom. The van der Waals surface area contributed by atoms with E-state index in [2.05, 4.69) is 20.2 Å². The highest BCUT2D eigenvalue weighted by Gasteiger charge is 2.24. The summed E-state index contributed by atoms with van der Waals surface area (Å²) in [7, 11) is 0. The van der Waals surface area contributed by atoms with Crippen LogP contribution in [0.15, 0.2) is 60.9 Å². The van der Waals surface area contributed by atoms with Gasteiger partial charge in [0.2, 0.25) is 5.95 Å². The van der Waals surface area contributed by atoms with Crippen LogP contribution in [0, 0.1) is 0 Å². The van der Waals surface area contributed by atoms with Gasteiger partial charge in [-0.15, -0.1) is 0 Å². The minimum Gasteiger partial charge on any atom is -0.490 e. The lowest BCUT2D eigenvalue weighted by molar-refractivity contribution is 0.136. The number of hydrogen-bond donors (Lipinski definition) is 3. The van der Waals surface area contributed by atoms with Crippen molar-refractivity contribution in [3.8, 4) is 11.5 Å². The molecule has 1 aliphatic rings. The number of para-hydroxylation sites is 2. The maximum atomic E-state index is 10.5. The molecule has 1 saturated heterocycles. The highest BCUT2D eigenvalue weighted by Crippen LogP contribution is 2.29. The number of piperidine rings is 1. The molecule has 180 valence electrons. The molecule has 3 N–H and O–H groups in total. The summed E-state index contributed by atoms with van der Waals surface area (Å²) in [5, 5.41) is 22.8. The van der Waals surface area contributed by atoms with E-state index in [1.807, 2.05) is 55.5 Å². The maximum absolute atomic E-state index is 10.5. The van der Waals surface area contributed by atoms with Gasteiger partial charge < -0.3 is 24.6 Å². The van der Waals surface area contributed by atoms with Crippen LogP contribution >= 0.6 is 0 Å². The molecule has 3 aromatic rings. The third-order valence-corrected chi connectivity index (χ3v) is 5.75. The number of hydrogen-bond acceptors (Lipinski definition) is 8. The third-order valence-electron chi connectivity index (χ3n) is 5.75. The van der Waals surface area contributed by atoms with E-state index in [1.165, 1.54) is 0 Å². The number of rotatable bonds is 10. The van der Waals surface area contributed by atoms with E-state index in [9.17, 15) is 10.2 Å². The summed E-state index contributed by atoms with van der Waals surface area (Å²) in [6, 6.07) is 15.3. The Hall–Kier alpha value is -3.20. The summed E-state index contributed by atoms with van der Waals surface area (Å²) in [6.07, 6.45) is 4.36. The van der Waals surface area contributed by atoms with Crippen molar-refractivity contribution >= 4 is 5.95 Å². The van der Waals surface area contributed by atoms with Gasteiger partial charge >= 0.3 is 0 Å². The Balaban J connectivity index is 1.33. The smallest absolute Gasteiger partial charge is 0.225 e. The van der Waals surface area contributed by atoms with Crippen LogP contribution in [0.4, 0.5) is 5.95 Å². The van der Waals surface area contributed by atoms with Gasteiger partial charge in [-0.25, -0.2) is 9.97 Å². The number of nitrogens with zero attached hydrogens (tertiary/aromatic N) is 3. The number of ether oxygens (including phenoxy) is 2. The van der Waals surface area contributed by atoms with Crippen molar-refractivity contribution in [1.82, 2.24) is 15.3 Å². The molecule has 1 aromatic heterocycles. The van der Waals surface area contributed by atoms with Gasteiger partial charge in [0.1, 0.15) is 12.3 Å². The summed E-state index contributed by atoms with van der Waals surface area (Å²) in [4.78, 5) is 11.1. The van der Waals surface area contributed by atoms with E-state index in [1.54, 1.807) is 12.4 Å². The molecule has 2 atom stereocenters. The number of aliphatic hydroxyl groups is 2. The number of nitrogens with one attached hydrogen (secondary N) is 1. The molecule has 1 aliphatic heterocycles. The fourth-order valence-electron chi connectivity index (χ4n) is 4.02. The molecule has 8 heteroatoms. The first-order chi connectivity index (χ1) is 16.7. The van der Waals surface area contributed by atoms with Crippen LogP contribution in [0.3, 0.4) is 0 Å². The largest absolute Gasteiger partial charge is 0.490 e. The van der Waals surface area contributed by atoms with Gasteiger partial charge in [0.25, 0.3) is 0 Å². The average Bonchev–Trinajstić information content (AvgIpc) is 2.89. The predicted molar refractivity (Wildman–Crippen MR) is 130 cm³/mol. The van der Waals surface area contributed by atoms with Crippen LogP contribution in [-0.2, 0) is 13.2 Å². The number of anilines is 1. The molecule has 0 spiro atoms. The Kier molecular flexibility index (Phi) is 8.30. The second-order valence-electron chi connectivity index (χ2n) is 8.29. The molecular formula is C26H32N4O4. The lowest BCUT2D eigenvalue weighted by atomic mass is 10.1. The second kappa shape index (κ2) is 11.8. The predicted octanol–water partition coefficient (Wildman–Crippen LogP) is 3.20. The normalized spacial score (nSPS) is 16.8. The highest BCUT2D eigenvalue weighted by atomic mass is 16.5. The first-order valence-corrected chi connectivity index (χ1v) is 11.7. The molecule has 1 fully saturated rings. The van der Waals surface area contributed by atoms with Gasteiger partial charge in [0.05, 0.1) is 19.8 Å². The van der Waals surface area contributed by atoms with Crippen LogP contribution in [-0.4, -0.2) is 46.0 Å². The van der Waals surface area contributed by atoms with E-state index in [-0.39, 0.29) is 12.7 Å². The maximum Gasteiger partial charge on any atom is 0.225 e. The van der Waals surface area contributed by atoms with Gasteiger partial charge in [-0.1, -0.05) is 36.4 Å². The van der Waals surface area contributed by atoms with Crippen LogP contribution in [0.25, 0.3) is 0 Å². The first kappa shape index (κ1) is 23.9. The lowest BCUT2D eigenvalue weighted by Crippen LogP contribution is -2.42. The van der Waals surface area contributed by atoms with Crippen LogP contribution in [0.1, 0.15) is 42.7 Å². The van der Waals surface area contributed by atoms with Gasteiger partial charge in [0.15, 0.2) is 11.5 Å². The quantitative estimate of drug-likeness (QED) is 0.394. The van der Waals surface area contributed by atoms with Gasteiger partial charge in [0, 0.05) is 31.0 Å². The Morgan fingerprint density at radius 2 is 1.85 bits per heavy atom. The minimum absolute atomic E-state index is 0.00682. The first-order valence-electron chi connectivity index (χ1n) is 11.7. The molecule has 0 aliphatic carbocycles.